The summed E-state index contributed by atoms with van der Waals surface area (Å²) in [5.74, 6) is 0.830. The van der Waals surface area contributed by atoms with E-state index in [2.05, 4.69) is 6.07 Å². The third-order valence-electron chi connectivity index (χ3n) is 3.13. The van der Waals surface area contributed by atoms with Gasteiger partial charge in [-0.25, -0.2) is 0 Å². The Hall–Kier alpha value is -1.80. The second-order valence-corrected chi connectivity index (χ2v) is 5.56. The first-order chi connectivity index (χ1) is 9.45. The normalized spacial score (nSPS) is 12.5. The fraction of sp³-hybridized carbons (Fsp3) is 0.333. The van der Waals surface area contributed by atoms with Gasteiger partial charge in [0, 0.05) is 0 Å². The summed E-state index contributed by atoms with van der Waals surface area (Å²) in [6.07, 6.45) is -0.438. The van der Waals surface area contributed by atoms with E-state index in [1.807, 2.05) is 64.1 Å². The molecule has 0 heterocycles. The molecule has 0 spiro atoms. The van der Waals surface area contributed by atoms with Crippen LogP contribution in [0.3, 0.4) is 0 Å². The van der Waals surface area contributed by atoms with Crippen LogP contribution in [0.4, 0.5) is 0 Å². The van der Waals surface area contributed by atoms with Gasteiger partial charge in [-0.1, -0.05) is 41.5 Å². The minimum Gasteiger partial charge on any atom is -0.491 e. The van der Waals surface area contributed by atoms with E-state index in [1.165, 1.54) is 11.1 Å². The van der Waals surface area contributed by atoms with Gasteiger partial charge in [-0.15, -0.1) is 0 Å². The Bertz CT molecular complexity index is 550. The minimum absolute atomic E-state index is 0.158. The van der Waals surface area contributed by atoms with Crippen LogP contribution in [-0.4, -0.2) is 11.2 Å². The van der Waals surface area contributed by atoms with Crippen molar-refractivity contribution in [3.05, 3.63) is 64.7 Å². The number of ether oxygens (including phenoxy) is 1. The molecule has 0 fully saturated rings. The van der Waals surface area contributed by atoms with Gasteiger partial charge in [-0.05, 0) is 51.0 Å². The third kappa shape index (κ3) is 3.61. The molecule has 0 aliphatic rings. The number of hydrogen-bond acceptors (Lipinski definition) is 2. The average Bonchev–Trinajstić information content (AvgIpc) is 2.37. The molecule has 2 aromatic carbocycles. The Kier molecular flexibility index (Phi) is 4.46. The second-order valence-electron chi connectivity index (χ2n) is 5.56. The van der Waals surface area contributed by atoms with Crippen LogP contribution in [0.25, 0.3) is 0 Å². The number of hydrogen-bond donors (Lipinski definition) is 1. The van der Waals surface area contributed by atoms with Crippen molar-refractivity contribution in [1.82, 2.24) is 0 Å². The Labute approximate surface area is 121 Å². The molecule has 2 aromatic rings. The third-order valence-corrected chi connectivity index (χ3v) is 3.13. The molecular formula is C18H22O2. The molecule has 1 N–H and O–H groups in total. The molecule has 0 aromatic heterocycles. The van der Waals surface area contributed by atoms with Crippen LogP contribution >= 0.6 is 0 Å². The van der Waals surface area contributed by atoms with E-state index in [9.17, 15) is 5.11 Å². The summed E-state index contributed by atoms with van der Waals surface area (Å²) in [5.41, 5.74) is 4.14. The topological polar surface area (TPSA) is 29.5 Å². The van der Waals surface area contributed by atoms with Gasteiger partial charge in [-0.2, -0.15) is 0 Å². The van der Waals surface area contributed by atoms with Crippen LogP contribution in [0.5, 0.6) is 5.75 Å². The lowest BCUT2D eigenvalue weighted by atomic mass is 9.98. The number of aliphatic hydroxyl groups excluding tert-OH is 1. The van der Waals surface area contributed by atoms with E-state index < -0.39 is 6.10 Å². The predicted molar refractivity (Wildman–Crippen MR) is 82.2 cm³/mol. The molecule has 0 saturated heterocycles. The molecule has 0 saturated carbocycles. The van der Waals surface area contributed by atoms with Crippen LogP contribution in [0.2, 0.25) is 0 Å². The lowest BCUT2D eigenvalue weighted by Crippen LogP contribution is -2.06. The largest absolute Gasteiger partial charge is 0.491 e. The van der Waals surface area contributed by atoms with E-state index in [0.29, 0.717) is 0 Å². The first-order valence-electron chi connectivity index (χ1n) is 6.98. The van der Waals surface area contributed by atoms with Crippen molar-refractivity contribution >= 4 is 0 Å². The summed E-state index contributed by atoms with van der Waals surface area (Å²) in [7, 11) is 0. The van der Waals surface area contributed by atoms with Crippen molar-refractivity contribution < 1.29 is 9.84 Å². The van der Waals surface area contributed by atoms with Crippen LogP contribution in [0, 0.1) is 13.8 Å². The summed E-state index contributed by atoms with van der Waals surface area (Å²) in [6.45, 7) is 8.09. The zero-order valence-electron chi connectivity index (χ0n) is 12.6. The minimum atomic E-state index is -0.596. The van der Waals surface area contributed by atoms with Gasteiger partial charge < -0.3 is 9.84 Å². The van der Waals surface area contributed by atoms with Gasteiger partial charge in [-0.3, -0.25) is 0 Å². The smallest absolute Gasteiger partial charge is 0.119 e. The quantitative estimate of drug-likeness (QED) is 0.903. The number of rotatable bonds is 4. The highest BCUT2D eigenvalue weighted by Gasteiger charge is 2.11. The van der Waals surface area contributed by atoms with Crippen LogP contribution in [0.15, 0.2) is 42.5 Å². The number of benzene rings is 2. The van der Waals surface area contributed by atoms with Gasteiger partial charge in [0.1, 0.15) is 11.9 Å². The molecule has 0 aliphatic carbocycles. The first-order valence-corrected chi connectivity index (χ1v) is 6.98. The highest BCUT2D eigenvalue weighted by Crippen LogP contribution is 2.25. The maximum Gasteiger partial charge on any atom is 0.119 e. The SMILES string of the molecule is Cc1cc(C)cc(C(O)c2ccc(OC(C)C)cc2)c1. The Morgan fingerprint density at radius 2 is 1.40 bits per heavy atom. The zero-order chi connectivity index (χ0) is 14.7. The van der Waals surface area contributed by atoms with E-state index in [1.54, 1.807) is 0 Å². The predicted octanol–water partition coefficient (Wildman–Crippen LogP) is 4.17. The lowest BCUT2D eigenvalue weighted by Gasteiger charge is -2.15. The molecule has 2 rings (SSSR count). The van der Waals surface area contributed by atoms with Gasteiger partial charge >= 0.3 is 0 Å². The van der Waals surface area contributed by atoms with Crippen LogP contribution < -0.4 is 4.74 Å². The summed E-state index contributed by atoms with van der Waals surface area (Å²) < 4.78 is 5.61. The van der Waals surface area contributed by atoms with Crippen molar-refractivity contribution in [2.45, 2.75) is 39.9 Å². The van der Waals surface area contributed by atoms with Crippen molar-refractivity contribution in [2.24, 2.45) is 0 Å². The highest BCUT2D eigenvalue weighted by molar-refractivity contribution is 5.37. The molecule has 0 aliphatic heterocycles. The summed E-state index contributed by atoms with van der Waals surface area (Å²) in [5, 5.41) is 10.5. The van der Waals surface area contributed by atoms with Gasteiger partial charge in [0.05, 0.1) is 6.10 Å². The Morgan fingerprint density at radius 1 is 0.850 bits per heavy atom. The van der Waals surface area contributed by atoms with Crippen molar-refractivity contribution in [1.29, 1.82) is 0 Å². The molecule has 0 amide bonds. The number of aliphatic hydroxyl groups is 1. The van der Waals surface area contributed by atoms with Crippen molar-refractivity contribution in [3.63, 3.8) is 0 Å². The van der Waals surface area contributed by atoms with Crippen molar-refractivity contribution in [3.8, 4) is 5.75 Å². The van der Waals surface area contributed by atoms with Crippen molar-refractivity contribution in [2.75, 3.05) is 0 Å². The molecule has 2 heteroatoms. The van der Waals surface area contributed by atoms with E-state index in [-0.39, 0.29) is 6.10 Å². The first kappa shape index (κ1) is 14.6. The van der Waals surface area contributed by atoms with E-state index in [4.69, 9.17) is 4.74 Å². The van der Waals surface area contributed by atoms with Crippen LogP contribution in [0.1, 0.15) is 42.2 Å². The number of aryl methyl sites for hydroxylation is 2. The van der Waals surface area contributed by atoms with E-state index in [0.717, 1.165) is 16.9 Å². The van der Waals surface area contributed by atoms with E-state index >= 15 is 0 Å². The Balaban J connectivity index is 2.22. The zero-order valence-corrected chi connectivity index (χ0v) is 12.6. The molecule has 0 radical (unpaired) electrons. The average molecular weight is 270 g/mol. The standard InChI is InChI=1S/C18H22O2/c1-12(2)20-17-7-5-15(6-8-17)18(19)16-10-13(3)9-14(4)11-16/h5-12,18-19H,1-4H3. The molecule has 20 heavy (non-hydrogen) atoms. The molecule has 0 bridgehead atoms. The summed E-state index contributed by atoms with van der Waals surface area (Å²) >= 11 is 0. The molecule has 1 atom stereocenters. The Morgan fingerprint density at radius 3 is 1.90 bits per heavy atom. The second kappa shape index (κ2) is 6.10. The molecule has 106 valence electrons. The van der Waals surface area contributed by atoms with Gasteiger partial charge in [0.2, 0.25) is 0 Å². The highest BCUT2D eigenvalue weighted by atomic mass is 16.5. The summed E-state index contributed by atoms with van der Waals surface area (Å²) in [4.78, 5) is 0. The van der Waals surface area contributed by atoms with Gasteiger partial charge in [0.25, 0.3) is 0 Å². The molecule has 1 unspecified atom stereocenters. The summed E-state index contributed by atoms with van der Waals surface area (Å²) in [6, 6.07) is 13.8. The molecular weight excluding hydrogens is 248 g/mol. The maximum atomic E-state index is 10.5. The fourth-order valence-electron chi connectivity index (χ4n) is 2.36. The molecule has 2 nitrogen and oxygen atoms in total. The van der Waals surface area contributed by atoms with Gasteiger partial charge in [0.15, 0.2) is 0 Å². The monoisotopic (exact) mass is 270 g/mol. The maximum absolute atomic E-state index is 10.5. The lowest BCUT2D eigenvalue weighted by molar-refractivity contribution is 0.219. The fourth-order valence-corrected chi connectivity index (χ4v) is 2.36. The van der Waals surface area contributed by atoms with Crippen LogP contribution in [-0.2, 0) is 0 Å².